The Morgan fingerprint density at radius 2 is 1.75 bits per heavy atom. The van der Waals surface area contributed by atoms with E-state index in [-0.39, 0.29) is 22.5 Å². The molecule has 0 heterocycles. The molecule has 12 heavy (non-hydrogen) atoms. The van der Waals surface area contributed by atoms with Gasteiger partial charge in [0.1, 0.15) is 0 Å². The van der Waals surface area contributed by atoms with E-state index < -0.39 is 0 Å². The molecule has 0 fully saturated rings. The highest BCUT2D eigenvalue weighted by atomic mass is 35.5. The van der Waals surface area contributed by atoms with Crippen molar-refractivity contribution in [3.8, 4) is 0 Å². The average Bonchev–Trinajstić information content (AvgIpc) is 1.96. The van der Waals surface area contributed by atoms with Crippen molar-refractivity contribution in [1.82, 2.24) is 0 Å². The summed E-state index contributed by atoms with van der Waals surface area (Å²) in [6.45, 7) is 3.73. The molecule has 0 aromatic rings. The van der Waals surface area contributed by atoms with Crippen LogP contribution in [0.4, 0.5) is 0 Å². The minimum Gasteiger partial charge on any atom is -0.290 e. The predicted octanol–water partition coefficient (Wildman–Crippen LogP) is 1.84. The van der Waals surface area contributed by atoms with Gasteiger partial charge in [-0.25, -0.2) is 0 Å². The Hall–Kier alpha value is -0.890. The summed E-state index contributed by atoms with van der Waals surface area (Å²) in [5.74, 6) is -0.364. The van der Waals surface area contributed by atoms with Crippen LogP contribution in [0, 0.1) is 5.92 Å². The van der Waals surface area contributed by atoms with E-state index in [0.717, 1.165) is 0 Å². The van der Waals surface area contributed by atoms with Crippen LogP contribution in [0.15, 0.2) is 22.8 Å². The van der Waals surface area contributed by atoms with Gasteiger partial charge in [-0.2, -0.15) is 0 Å². The SMILES string of the molecule is CC(C)C1=CC(=O)C(Cl)=CC1=O. The first kappa shape index (κ1) is 9.20. The fraction of sp³-hybridized carbons (Fsp3) is 0.333. The van der Waals surface area contributed by atoms with Crippen LogP contribution < -0.4 is 0 Å². The molecule has 0 saturated carbocycles. The highest BCUT2D eigenvalue weighted by molar-refractivity contribution is 6.47. The third-order valence-electron chi connectivity index (χ3n) is 1.69. The van der Waals surface area contributed by atoms with E-state index in [9.17, 15) is 9.59 Å². The summed E-state index contributed by atoms with van der Waals surface area (Å²) < 4.78 is 0. The first-order valence-electron chi connectivity index (χ1n) is 3.70. The summed E-state index contributed by atoms with van der Waals surface area (Å²) in [5.41, 5.74) is 0.532. The van der Waals surface area contributed by atoms with Gasteiger partial charge in [-0.3, -0.25) is 9.59 Å². The van der Waals surface area contributed by atoms with E-state index >= 15 is 0 Å². The molecule has 0 unspecified atom stereocenters. The van der Waals surface area contributed by atoms with Crippen LogP contribution in [0.5, 0.6) is 0 Å². The van der Waals surface area contributed by atoms with Crippen LogP contribution in [-0.2, 0) is 9.59 Å². The molecule has 0 atom stereocenters. The largest absolute Gasteiger partial charge is 0.290 e. The second-order valence-electron chi connectivity index (χ2n) is 2.98. The molecule has 1 aliphatic rings. The van der Waals surface area contributed by atoms with E-state index in [1.807, 2.05) is 13.8 Å². The van der Waals surface area contributed by atoms with Crippen molar-refractivity contribution >= 4 is 23.2 Å². The molecule has 0 N–H and O–H groups in total. The van der Waals surface area contributed by atoms with Crippen LogP contribution in [0.25, 0.3) is 0 Å². The van der Waals surface area contributed by atoms with Crippen molar-refractivity contribution in [2.75, 3.05) is 0 Å². The Morgan fingerprint density at radius 3 is 2.25 bits per heavy atom. The minimum atomic E-state index is -0.278. The van der Waals surface area contributed by atoms with Gasteiger partial charge in [0.25, 0.3) is 0 Å². The fourth-order valence-electron chi connectivity index (χ4n) is 1.00. The normalized spacial score (nSPS) is 18.0. The van der Waals surface area contributed by atoms with Crippen molar-refractivity contribution in [3.63, 3.8) is 0 Å². The number of halogens is 1. The van der Waals surface area contributed by atoms with Crippen LogP contribution in [-0.4, -0.2) is 11.6 Å². The number of rotatable bonds is 1. The third kappa shape index (κ3) is 1.64. The molecule has 0 bridgehead atoms. The van der Waals surface area contributed by atoms with Gasteiger partial charge in [0, 0.05) is 11.6 Å². The van der Waals surface area contributed by atoms with E-state index in [0.29, 0.717) is 5.57 Å². The second-order valence-corrected chi connectivity index (χ2v) is 3.38. The third-order valence-corrected chi connectivity index (χ3v) is 1.98. The Labute approximate surface area is 75.9 Å². The van der Waals surface area contributed by atoms with Crippen molar-refractivity contribution in [2.45, 2.75) is 13.8 Å². The zero-order chi connectivity index (χ0) is 9.30. The number of ketones is 2. The van der Waals surface area contributed by atoms with Gasteiger partial charge < -0.3 is 0 Å². The monoisotopic (exact) mass is 184 g/mol. The smallest absolute Gasteiger partial charge is 0.197 e. The fourth-order valence-corrected chi connectivity index (χ4v) is 1.16. The van der Waals surface area contributed by atoms with E-state index in [1.165, 1.54) is 12.2 Å². The Kier molecular flexibility index (Phi) is 2.48. The first-order valence-corrected chi connectivity index (χ1v) is 4.07. The molecule has 1 rings (SSSR count). The molecule has 0 aliphatic heterocycles. The maximum absolute atomic E-state index is 11.2. The Bertz CT molecular complexity index is 298. The Balaban J connectivity index is 3.01. The van der Waals surface area contributed by atoms with E-state index in [2.05, 4.69) is 0 Å². The molecule has 0 aromatic carbocycles. The van der Waals surface area contributed by atoms with Crippen LogP contribution in [0.2, 0.25) is 0 Å². The second kappa shape index (κ2) is 3.23. The van der Waals surface area contributed by atoms with Crippen molar-refractivity contribution in [2.24, 2.45) is 5.92 Å². The van der Waals surface area contributed by atoms with Gasteiger partial charge in [-0.05, 0) is 12.0 Å². The van der Waals surface area contributed by atoms with Crippen molar-refractivity contribution in [3.05, 3.63) is 22.8 Å². The Morgan fingerprint density at radius 1 is 1.17 bits per heavy atom. The summed E-state index contributed by atoms with van der Waals surface area (Å²) in [6, 6.07) is 0. The molecule has 0 amide bonds. The molecule has 3 heteroatoms. The quantitative estimate of drug-likeness (QED) is 0.583. The lowest BCUT2D eigenvalue weighted by molar-refractivity contribution is -0.115. The van der Waals surface area contributed by atoms with Gasteiger partial charge >= 0.3 is 0 Å². The van der Waals surface area contributed by atoms with Gasteiger partial charge in [-0.1, -0.05) is 25.4 Å². The van der Waals surface area contributed by atoms with Gasteiger partial charge in [0.15, 0.2) is 11.6 Å². The summed E-state index contributed by atoms with van der Waals surface area (Å²) in [7, 11) is 0. The lowest BCUT2D eigenvalue weighted by Crippen LogP contribution is -2.14. The minimum absolute atomic E-state index is 0.00407. The summed E-state index contributed by atoms with van der Waals surface area (Å²) >= 11 is 5.48. The maximum atomic E-state index is 11.2. The lowest BCUT2D eigenvalue weighted by atomic mass is 9.94. The van der Waals surface area contributed by atoms with Crippen LogP contribution >= 0.6 is 11.6 Å². The number of carbonyl (C=O) groups is 2. The van der Waals surface area contributed by atoms with Crippen LogP contribution in [0.1, 0.15) is 13.8 Å². The molecular weight excluding hydrogens is 176 g/mol. The number of carbonyl (C=O) groups excluding carboxylic acids is 2. The molecule has 0 radical (unpaired) electrons. The van der Waals surface area contributed by atoms with E-state index in [4.69, 9.17) is 11.6 Å². The predicted molar refractivity (Wildman–Crippen MR) is 46.9 cm³/mol. The molecule has 64 valence electrons. The van der Waals surface area contributed by atoms with Gasteiger partial charge in [-0.15, -0.1) is 0 Å². The van der Waals surface area contributed by atoms with Crippen molar-refractivity contribution in [1.29, 1.82) is 0 Å². The lowest BCUT2D eigenvalue weighted by Gasteiger charge is -2.10. The van der Waals surface area contributed by atoms with Gasteiger partial charge in [0.2, 0.25) is 0 Å². The molecule has 0 saturated heterocycles. The van der Waals surface area contributed by atoms with Crippen molar-refractivity contribution < 1.29 is 9.59 Å². The number of hydrogen-bond acceptors (Lipinski definition) is 2. The zero-order valence-corrected chi connectivity index (χ0v) is 7.68. The molecule has 0 aromatic heterocycles. The number of hydrogen-bond donors (Lipinski definition) is 0. The standard InChI is InChI=1S/C9H9ClO2/c1-5(2)6-3-9(12)7(10)4-8(6)11/h3-5H,1-2H3. The van der Waals surface area contributed by atoms with Crippen LogP contribution in [0.3, 0.4) is 0 Å². The molecular formula is C9H9ClO2. The number of allylic oxidation sites excluding steroid dienone is 4. The topological polar surface area (TPSA) is 34.1 Å². The summed E-state index contributed by atoms with van der Waals surface area (Å²) in [6.07, 6.45) is 2.49. The average molecular weight is 185 g/mol. The molecule has 0 spiro atoms. The zero-order valence-electron chi connectivity index (χ0n) is 6.93. The highest BCUT2D eigenvalue weighted by Gasteiger charge is 2.20. The molecule has 2 nitrogen and oxygen atoms in total. The maximum Gasteiger partial charge on any atom is 0.197 e. The summed E-state index contributed by atoms with van der Waals surface area (Å²) in [5, 5.41) is 0.00407. The van der Waals surface area contributed by atoms with E-state index in [1.54, 1.807) is 0 Å². The first-order chi connectivity index (χ1) is 5.52. The molecule has 1 aliphatic carbocycles. The summed E-state index contributed by atoms with van der Waals surface area (Å²) in [4.78, 5) is 22.2. The highest BCUT2D eigenvalue weighted by Crippen LogP contribution is 2.20. The van der Waals surface area contributed by atoms with Gasteiger partial charge in [0.05, 0.1) is 5.03 Å².